The normalized spacial score (nSPS) is 21.0. The number of hydrogen-bond acceptors (Lipinski definition) is 10. The molecule has 2 aliphatic rings. The van der Waals surface area contributed by atoms with E-state index in [0.717, 1.165) is 17.7 Å². The van der Waals surface area contributed by atoms with Gasteiger partial charge in [0.25, 0.3) is 0 Å². The minimum Gasteiger partial charge on any atom is -0.508 e. The maximum absolute atomic E-state index is 14.3. The van der Waals surface area contributed by atoms with Gasteiger partial charge in [-0.25, -0.2) is 0 Å². The Bertz CT molecular complexity index is 1890. The summed E-state index contributed by atoms with van der Waals surface area (Å²) >= 11 is 0. The van der Waals surface area contributed by atoms with Gasteiger partial charge in [0.1, 0.15) is 52.1 Å². The number of hydrogen-bond donors (Lipinski definition) is 7. The molecule has 1 aliphatic carbocycles. The van der Waals surface area contributed by atoms with Gasteiger partial charge in [-0.15, -0.1) is 0 Å². The molecule has 0 spiro atoms. The molecule has 10 heteroatoms. The summed E-state index contributed by atoms with van der Waals surface area (Å²) in [5, 5.41) is 74.2. The molecule has 230 valence electrons. The summed E-state index contributed by atoms with van der Waals surface area (Å²) in [4.78, 5) is 27.3. The van der Waals surface area contributed by atoms with Crippen molar-refractivity contribution in [1.29, 1.82) is 0 Å². The highest BCUT2D eigenvalue weighted by atomic mass is 16.5. The second-order valence-electron chi connectivity index (χ2n) is 11.5. The van der Waals surface area contributed by atoms with Crippen LogP contribution in [0.3, 0.4) is 0 Å². The van der Waals surface area contributed by atoms with E-state index in [0.29, 0.717) is 5.56 Å². The maximum Gasteiger partial charge on any atom is 0.171 e. The van der Waals surface area contributed by atoms with Crippen LogP contribution >= 0.6 is 0 Å². The molecular weight excluding hydrogens is 580 g/mol. The van der Waals surface area contributed by atoms with E-state index in [4.69, 9.17) is 4.74 Å². The van der Waals surface area contributed by atoms with E-state index >= 15 is 0 Å². The summed E-state index contributed by atoms with van der Waals surface area (Å²) in [6, 6.07) is 14.5. The quantitative estimate of drug-likeness (QED) is 0.104. The van der Waals surface area contributed by atoms with Crippen molar-refractivity contribution in [3.63, 3.8) is 0 Å². The van der Waals surface area contributed by atoms with E-state index in [1.165, 1.54) is 54.6 Å². The summed E-state index contributed by atoms with van der Waals surface area (Å²) in [6.07, 6.45) is 0.897. The highest BCUT2D eigenvalue weighted by molar-refractivity contribution is 6.02. The molecule has 0 aromatic heterocycles. The summed E-state index contributed by atoms with van der Waals surface area (Å²) in [5.74, 6) is -5.63. The molecule has 0 amide bonds. The van der Waals surface area contributed by atoms with Crippen molar-refractivity contribution in [3.05, 3.63) is 106 Å². The van der Waals surface area contributed by atoms with Gasteiger partial charge in [-0.1, -0.05) is 17.7 Å². The number of benzene rings is 4. The molecule has 10 nitrogen and oxygen atoms in total. The fraction of sp³-hybridized carbons (Fsp3) is 0.200. The Morgan fingerprint density at radius 2 is 1.38 bits per heavy atom. The molecule has 1 heterocycles. The zero-order chi connectivity index (χ0) is 32.2. The van der Waals surface area contributed by atoms with E-state index in [9.17, 15) is 45.3 Å². The molecule has 0 bridgehead atoms. The number of fused-ring (bicyclic) bond motifs is 1. The minimum atomic E-state index is -1.11. The standard InChI is InChI=1S/C35H30O10/c1-16-10-24(20-5-2-17(36)12-27(20)40)32(34(43)22-7-4-18(37)13-28(22)41)25(11-16)33-26(39)9-8-23(35(33)44)31-15-29(42)21-6-3-19(38)14-30(21)45-31/h2-9,11-14,24-25,31-32,36-41,44H,10,15H2,1H3. The number of rotatable bonds is 5. The Balaban J connectivity index is 1.51. The van der Waals surface area contributed by atoms with Gasteiger partial charge in [0.2, 0.25) is 0 Å². The van der Waals surface area contributed by atoms with Gasteiger partial charge in [0.15, 0.2) is 11.6 Å². The van der Waals surface area contributed by atoms with E-state index < -0.39 is 41.1 Å². The summed E-state index contributed by atoms with van der Waals surface area (Å²) in [6.45, 7) is 1.81. The topological polar surface area (TPSA) is 185 Å². The number of carbonyl (C=O) groups is 2. The number of phenols is 7. The fourth-order valence-electron chi connectivity index (χ4n) is 6.56. The number of allylic oxidation sites excluding steroid dienone is 2. The van der Waals surface area contributed by atoms with Crippen LogP contribution in [0.5, 0.6) is 46.0 Å². The van der Waals surface area contributed by atoms with Crippen molar-refractivity contribution in [2.45, 2.75) is 37.7 Å². The third-order valence-corrected chi connectivity index (χ3v) is 8.60. The zero-order valence-electron chi connectivity index (χ0n) is 24.0. The van der Waals surface area contributed by atoms with Crippen LogP contribution in [-0.4, -0.2) is 47.3 Å². The summed E-state index contributed by atoms with van der Waals surface area (Å²) in [5.41, 5.74) is 1.41. The first-order chi connectivity index (χ1) is 21.4. The molecule has 1 aliphatic heterocycles. The van der Waals surface area contributed by atoms with Crippen molar-refractivity contribution in [2.75, 3.05) is 0 Å². The van der Waals surface area contributed by atoms with Gasteiger partial charge in [-0.3, -0.25) is 9.59 Å². The lowest BCUT2D eigenvalue weighted by Crippen LogP contribution is -2.32. The predicted molar refractivity (Wildman–Crippen MR) is 161 cm³/mol. The van der Waals surface area contributed by atoms with Crippen molar-refractivity contribution in [1.82, 2.24) is 0 Å². The van der Waals surface area contributed by atoms with Gasteiger partial charge in [-0.2, -0.15) is 0 Å². The number of Topliss-reactive ketones (excluding diaryl/α,β-unsaturated/α-hetero) is 2. The van der Waals surface area contributed by atoms with Gasteiger partial charge in [0.05, 0.1) is 17.5 Å². The van der Waals surface area contributed by atoms with Crippen LogP contribution in [0.15, 0.2) is 78.4 Å². The largest absolute Gasteiger partial charge is 0.508 e. The number of aromatic hydroxyl groups is 7. The van der Waals surface area contributed by atoms with E-state index in [1.807, 2.05) is 0 Å². The van der Waals surface area contributed by atoms with Crippen LogP contribution in [0.2, 0.25) is 0 Å². The molecule has 6 rings (SSSR count). The van der Waals surface area contributed by atoms with Crippen LogP contribution in [0, 0.1) is 5.92 Å². The van der Waals surface area contributed by atoms with Gasteiger partial charge in [-0.05, 0) is 61.4 Å². The monoisotopic (exact) mass is 610 g/mol. The van der Waals surface area contributed by atoms with Gasteiger partial charge in [0, 0.05) is 47.1 Å². The first-order valence-electron chi connectivity index (χ1n) is 14.3. The number of ether oxygens (including phenoxy) is 1. The van der Waals surface area contributed by atoms with Gasteiger partial charge < -0.3 is 40.5 Å². The maximum atomic E-state index is 14.3. The fourth-order valence-corrected chi connectivity index (χ4v) is 6.56. The highest BCUT2D eigenvalue weighted by Gasteiger charge is 2.44. The molecule has 7 N–H and O–H groups in total. The Morgan fingerprint density at radius 3 is 2.09 bits per heavy atom. The average molecular weight is 611 g/mol. The third-order valence-electron chi connectivity index (χ3n) is 8.60. The molecule has 0 fully saturated rings. The number of phenolic OH excluding ortho intramolecular Hbond substituents is 7. The first kappa shape index (κ1) is 29.4. The Morgan fingerprint density at radius 1 is 0.733 bits per heavy atom. The third kappa shape index (κ3) is 5.24. The molecule has 4 unspecified atom stereocenters. The van der Waals surface area contributed by atoms with Crippen molar-refractivity contribution >= 4 is 11.6 Å². The van der Waals surface area contributed by atoms with Crippen LogP contribution in [0.25, 0.3) is 0 Å². The van der Waals surface area contributed by atoms with Crippen molar-refractivity contribution < 1.29 is 50.1 Å². The molecule has 4 aromatic carbocycles. The lowest BCUT2D eigenvalue weighted by Gasteiger charge is -2.37. The number of ketones is 2. The van der Waals surface area contributed by atoms with Crippen LogP contribution in [0.4, 0.5) is 0 Å². The second kappa shape index (κ2) is 11.1. The predicted octanol–water partition coefficient (Wildman–Crippen LogP) is 6.05. The molecule has 0 saturated heterocycles. The van der Waals surface area contributed by atoms with Crippen molar-refractivity contribution in [2.24, 2.45) is 5.92 Å². The lowest BCUT2D eigenvalue weighted by molar-refractivity contribution is 0.0846. The smallest absolute Gasteiger partial charge is 0.171 e. The average Bonchev–Trinajstić information content (AvgIpc) is 2.96. The molecule has 0 saturated carbocycles. The van der Waals surface area contributed by atoms with E-state index in [1.54, 1.807) is 13.0 Å². The van der Waals surface area contributed by atoms with Crippen LogP contribution in [0.1, 0.15) is 75.1 Å². The van der Waals surface area contributed by atoms with Crippen molar-refractivity contribution in [3.8, 4) is 46.0 Å². The first-order valence-corrected chi connectivity index (χ1v) is 14.3. The Labute approximate surface area is 257 Å². The van der Waals surface area contributed by atoms with Crippen LogP contribution < -0.4 is 4.74 Å². The van der Waals surface area contributed by atoms with Gasteiger partial charge >= 0.3 is 0 Å². The minimum absolute atomic E-state index is 0.0239. The molecule has 4 aromatic rings. The Kier molecular flexibility index (Phi) is 7.28. The zero-order valence-corrected chi connectivity index (χ0v) is 24.0. The second-order valence-corrected chi connectivity index (χ2v) is 11.5. The summed E-state index contributed by atoms with van der Waals surface area (Å²) < 4.78 is 6.02. The number of carbonyl (C=O) groups excluding carboxylic acids is 2. The summed E-state index contributed by atoms with van der Waals surface area (Å²) in [7, 11) is 0. The SMILES string of the molecule is CC1=CC(c2c(O)ccc(C3CC(=O)c4ccc(O)cc4O3)c2O)C(C(=O)c2ccc(O)cc2O)C(c2ccc(O)cc2O)C1. The van der Waals surface area contributed by atoms with E-state index in [-0.39, 0.29) is 75.4 Å². The molecule has 4 atom stereocenters. The van der Waals surface area contributed by atoms with E-state index in [2.05, 4.69) is 0 Å². The molecule has 0 radical (unpaired) electrons. The van der Waals surface area contributed by atoms with Crippen LogP contribution in [-0.2, 0) is 0 Å². The Hall–Kier alpha value is -5.64. The molecule has 45 heavy (non-hydrogen) atoms. The highest BCUT2D eigenvalue weighted by Crippen LogP contribution is 2.54. The lowest BCUT2D eigenvalue weighted by atomic mass is 9.65. The molecular formula is C35H30O10.